The summed E-state index contributed by atoms with van der Waals surface area (Å²) in [6.45, 7) is 7.02. The van der Waals surface area contributed by atoms with Gasteiger partial charge < -0.3 is 15.0 Å². The van der Waals surface area contributed by atoms with Crippen LogP contribution in [0.25, 0.3) is 0 Å². The molecule has 1 N–H and O–H groups in total. The maximum absolute atomic E-state index is 14.6. The average Bonchev–Trinajstić information content (AvgIpc) is 3.02. The van der Waals surface area contributed by atoms with E-state index in [1.54, 1.807) is 30.3 Å². The normalized spacial score (nSPS) is 12.2. The maximum Gasteiger partial charge on any atom is 0.264 e. The number of amides is 2. The molecule has 0 radical (unpaired) electrons. The van der Waals surface area contributed by atoms with Crippen molar-refractivity contribution in [3.05, 3.63) is 126 Å². The fourth-order valence-corrected chi connectivity index (χ4v) is 6.45. The Kier molecular flexibility index (Phi) is 10.7. The third kappa shape index (κ3) is 8.73. The molecule has 0 heterocycles. The minimum atomic E-state index is -4.23. The molecule has 0 saturated carbocycles. The van der Waals surface area contributed by atoms with Gasteiger partial charge in [-0.15, -0.1) is 0 Å². The number of anilines is 1. The van der Waals surface area contributed by atoms with E-state index in [2.05, 4.69) is 5.32 Å². The molecule has 0 fully saturated rings. The zero-order valence-corrected chi connectivity index (χ0v) is 27.3. The summed E-state index contributed by atoms with van der Waals surface area (Å²) in [6, 6.07) is 31.1. The van der Waals surface area contributed by atoms with Crippen LogP contribution in [0.1, 0.15) is 37.5 Å². The Labute approximate surface area is 266 Å². The largest absolute Gasteiger partial charge is 0.495 e. The lowest BCUT2D eigenvalue weighted by molar-refractivity contribution is -0.140. The molecule has 4 aromatic carbocycles. The molecule has 1 atom stereocenters. The Morgan fingerprint density at radius 3 is 1.93 bits per heavy atom. The van der Waals surface area contributed by atoms with Gasteiger partial charge in [0.25, 0.3) is 10.0 Å². The Hall–Kier alpha value is -4.63. The quantitative estimate of drug-likeness (QED) is 0.216. The molecule has 4 rings (SSSR count). The van der Waals surface area contributed by atoms with E-state index < -0.39 is 34.1 Å². The smallest absolute Gasteiger partial charge is 0.264 e. The molecule has 0 spiro atoms. The molecular weight excluding hydrogens is 586 g/mol. The highest BCUT2D eigenvalue weighted by Gasteiger charge is 2.36. The van der Waals surface area contributed by atoms with E-state index in [9.17, 15) is 18.0 Å². The van der Waals surface area contributed by atoms with E-state index in [-0.39, 0.29) is 29.5 Å². The van der Waals surface area contributed by atoms with Gasteiger partial charge in [0.05, 0.1) is 17.7 Å². The summed E-state index contributed by atoms with van der Waals surface area (Å²) in [5.41, 5.74) is 2.13. The number of hydrogen-bond acceptors (Lipinski definition) is 5. The topological polar surface area (TPSA) is 96.0 Å². The molecule has 0 unspecified atom stereocenters. The molecule has 45 heavy (non-hydrogen) atoms. The van der Waals surface area contributed by atoms with Gasteiger partial charge in [0.1, 0.15) is 18.3 Å². The Bertz CT molecular complexity index is 1690. The number of nitrogens with one attached hydrogen (secondary N) is 1. The molecular formula is C36H41N3O5S. The molecule has 236 valence electrons. The third-order valence-electron chi connectivity index (χ3n) is 7.18. The molecule has 0 aromatic heterocycles. The minimum Gasteiger partial charge on any atom is -0.495 e. The average molecular weight is 628 g/mol. The first kappa shape index (κ1) is 33.3. The number of benzene rings is 4. The standard InChI is InChI=1S/C36H41N3O5S/c1-27-21-22-33(44-5)31(23-27)39(45(42,43)30-19-13-8-14-20-30)26-34(40)38(25-29-17-11-7-12-18-29)32(35(41)37-36(2,3)4)24-28-15-9-6-10-16-28/h6-23,32H,24-26H2,1-5H3,(H,37,41)/t32-/m0/s1. The van der Waals surface area contributed by atoms with Crippen LogP contribution in [0.3, 0.4) is 0 Å². The van der Waals surface area contributed by atoms with Crippen molar-refractivity contribution in [2.75, 3.05) is 18.0 Å². The number of methoxy groups -OCH3 is 1. The minimum absolute atomic E-state index is 0.0299. The highest BCUT2D eigenvalue weighted by Crippen LogP contribution is 2.34. The van der Waals surface area contributed by atoms with Gasteiger partial charge >= 0.3 is 0 Å². The first-order valence-corrected chi connectivity index (χ1v) is 16.2. The number of aryl methyl sites for hydroxylation is 1. The molecule has 0 aliphatic heterocycles. The van der Waals surface area contributed by atoms with Gasteiger partial charge in [-0.3, -0.25) is 13.9 Å². The molecule has 2 amide bonds. The summed E-state index contributed by atoms with van der Waals surface area (Å²) >= 11 is 0. The molecule has 0 aliphatic carbocycles. The summed E-state index contributed by atoms with van der Waals surface area (Å²) < 4.78 is 35.1. The van der Waals surface area contributed by atoms with E-state index in [1.165, 1.54) is 24.1 Å². The van der Waals surface area contributed by atoms with E-state index >= 15 is 0 Å². The number of hydrogen-bond donors (Lipinski definition) is 1. The summed E-state index contributed by atoms with van der Waals surface area (Å²) in [5.74, 6) is -0.568. The van der Waals surface area contributed by atoms with Crippen molar-refractivity contribution in [1.82, 2.24) is 10.2 Å². The van der Waals surface area contributed by atoms with Gasteiger partial charge in [-0.05, 0) is 68.7 Å². The summed E-state index contributed by atoms with van der Waals surface area (Å²) in [7, 11) is -2.78. The van der Waals surface area contributed by atoms with Crippen molar-refractivity contribution >= 4 is 27.5 Å². The highest BCUT2D eigenvalue weighted by atomic mass is 32.2. The van der Waals surface area contributed by atoms with Gasteiger partial charge in [0.15, 0.2) is 0 Å². The summed E-state index contributed by atoms with van der Waals surface area (Å²) in [6.07, 6.45) is 0.237. The number of carbonyl (C=O) groups excluding carboxylic acids is 2. The first-order chi connectivity index (χ1) is 21.4. The Morgan fingerprint density at radius 2 is 1.38 bits per heavy atom. The lowest BCUT2D eigenvalue weighted by Crippen LogP contribution is -2.56. The van der Waals surface area contributed by atoms with Gasteiger partial charge in [0.2, 0.25) is 11.8 Å². The number of nitrogens with zero attached hydrogens (tertiary/aromatic N) is 2. The summed E-state index contributed by atoms with van der Waals surface area (Å²) in [5, 5.41) is 3.04. The third-order valence-corrected chi connectivity index (χ3v) is 8.95. The van der Waals surface area contributed by atoms with E-state index in [0.29, 0.717) is 5.75 Å². The van der Waals surface area contributed by atoms with E-state index in [0.717, 1.165) is 21.0 Å². The van der Waals surface area contributed by atoms with E-state index in [1.807, 2.05) is 94.4 Å². The van der Waals surface area contributed by atoms with Crippen molar-refractivity contribution < 1.29 is 22.7 Å². The predicted octanol–water partition coefficient (Wildman–Crippen LogP) is 5.75. The molecule has 0 aliphatic rings. The van der Waals surface area contributed by atoms with Crippen molar-refractivity contribution in [1.29, 1.82) is 0 Å². The lowest BCUT2D eigenvalue weighted by atomic mass is 10.0. The fourth-order valence-electron chi connectivity index (χ4n) is 5.01. The van der Waals surface area contributed by atoms with Crippen LogP contribution in [0.15, 0.2) is 114 Å². The van der Waals surface area contributed by atoms with Crippen molar-refractivity contribution in [2.24, 2.45) is 0 Å². The number of rotatable bonds is 12. The molecule has 0 saturated heterocycles. The van der Waals surface area contributed by atoms with Crippen LogP contribution in [-0.2, 0) is 32.6 Å². The van der Waals surface area contributed by atoms with Crippen molar-refractivity contribution in [3.63, 3.8) is 0 Å². The second-order valence-electron chi connectivity index (χ2n) is 12.0. The second-order valence-corrected chi connectivity index (χ2v) is 13.8. The first-order valence-electron chi connectivity index (χ1n) is 14.8. The fraction of sp³-hybridized carbons (Fsp3) is 0.278. The van der Waals surface area contributed by atoms with Crippen LogP contribution in [-0.4, -0.2) is 50.4 Å². The van der Waals surface area contributed by atoms with Crippen LogP contribution in [0, 0.1) is 6.92 Å². The SMILES string of the molecule is COc1ccc(C)cc1N(CC(=O)N(Cc1ccccc1)[C@@H](Cc1ccccc1)C(=O)NC(C)(C)C)S(=O)(=O)c1ccccc1. The maximum atomic E-state index is 14.6. The van der Waals surface area contributed by atoms with Gasteiger partial charge in [-0.1, -0.05) is 84.9 Å². The Balaban J connectivity index is 1.85. The van der Waals surface area contributed by atoms with Crippen LogP contribution >= 0.6 is 0 Å². The van der Waals surface area contributed by atoms with Crippen molar-refractivity contribution in [3.8, 4) is 5.75 Å². The number of carbonyl (C=O) groups is 2. The predicted molar refractivity (Wildman–Crippen MR) is 178 cm³/mol. The Morgan fingerprint density at radius 1 is 0.822 bits per heavy atom. The van der Waals surface area contributed by atoms with Crippen molar-refractivity contribution in [2.45, 2.75) is 57.1 Å². The van der Waals surface area contributed by atoms with Crippen LogP contribution in [0.2, 0.25) is 0 Å². The highest BCUT2D eigenvalue weighted by molar-refractivity contribution is 7.92. The number of sulfonamides is 1. The monoisotopic (exact) mass is 627 g/mol. The van der Waals surface area contributed by atoms with E-state index in [4.69, 9.17) is 4.74 Å². The molecule has 8 nitrogen and oxygen atoms in total. The van der Waals surface area contributed by atoms with Gasteiger partial charge in [-0.2, -0.15) is 0 Å². The second kappa shape index (κ2) is 14.4. The van der Waals surface area contributed by atoms with Crippen LogP contribution in [0.5, 0.6) is 5.75 Å². The number of ether oxygens (including phenoxy) is 1. The molecule has 4 aromatic rings. The van der Waals surface area contributed by atoms with Crippen LogP contribution < -0.4 is 14.4 Å². The molecule has 0 bridgehead atoms. The van der Waals surface area contributed by atoms with Gasteiger partial charge in [0, 0.05) is 18.5 Å². The summed E-state index contributed by atoms with van der Waals surface area (Å²) in [4.78, 5) is 30.1. The van der Waals surface area contributed by atoms with Gasteiger partial charge in [-0.25, -0.2) is 8.42 Å². The van der Waals surface area contributed by atoms with Crippen LogP contribution in [0.4, 0.5) is 5.69 Å². The zero-order valence-electron chi connectivity index (χ0n) is 26.4. The lowest BCUT2D eigenvalue weighted by Gasteiger charge is -2.35. The molecule has 9 heteroatoms. The zero-order chi connectivity index (χ0) is 32.6.